The average Bonchev–Trinajstić information content (AvgIpc) is 2.38. The third-order valence-electron chi connectivity index (χ3n) is 2.90. The van der Waals surface area contributed by atoms with Crippen LogP contribution < -0.4 is 0 Å². The molecule has 0 radical (unpaired) electrons. The van der Waals surface area contributed by atoms with Crippen molar-refractivity contribution in [2.45, 2.75) is 45.1 Å². The lowest BCUT2D eigenvalue weighted by molar-refractivity contribution is -0.143. The number of benzene rings is 1. The van der Waals surface area contributed by atoms with E-state index in [1.807, 2.05) is 30.3 Å². The molecule has 20 heavy (non-hydrogen) atoms. The molecule has 3 nitrogen and oxygen atoms in total. The van der Waals surface area contributed by atoms with Crippen LogP contribution in [0, 0.1) is 0 Å². The van der Waals surface area contributed by atoms with Crippen LogP contribution in [-0.2, 0) is 20.9 Å². The minimum atomic E-state index is -1.11. The Morgan fingerprint density at radius 1 is 1.10 bits per heavy atom. The lowest BCUT2D eigenvalue weighted by atomic mass is 10.2. The first kappa shape index (κ1) is 16.9. The van der Waals surface area contributed by atoms with Crippen molar-refractivity contribution < 1.29 is 14.3 Å². The van der Waals surface area contributed by atoms with Crippen molar-refractivity contribution in [1.82, 2.24) is 0 Å². The van der Waals surface area contributed by atoms with Gasteiger partial charge in [0.15, 0.2) is 0 Å². The Bertz CT molecular complexity index is 384. The fourth-order valence-corrected chi connectivity index (χ4v) is 2.34. The number of carbonyl (C=O) groups excluding carboxylic acids is 1. The Hall–Kier alpha value is -1.13. The van der Waals surface area contributed by atoms with Gasteiger partial charge in [0.25, 0.3) is 0 Å². The van der Waals surface area contributed by atoms with Gasteiger partial charge in [0.2, 0.25) is 0 Å². The zero-order valence-electron chi connectivity index (χ0n) is 12.9. The molecule has 0 aliphatic carbocycles. The van der Waals surface area contributed by atoms with Crippen LogP contribution in [0.25, 0.3) is 0 Å². The molecule has 0 aliphatic rings. The van der Waals surface area contributed by atoms with Crippen LogP contribution in [0.4, 0.5) is 0 Å². The van der Waals surface area contributed by atoms with E-state index in [0.29, 0.717) is 26.2 Å². The summed E-state index contributed by atoms with van der Waals surface area (Å²) in [4.78, 5) is 11.5. The highest BCUT2D eigenvalue weighted by Crippen LogP contribution is 2.08. The zero-order valence-corrected chi connectivity index (χ0v) is 13.9. The molecule has 0 fully saturated rings. The molecule has 0 aliphatic heterocycles. The minimum Gasteiger partial charge on any atom is -0.466 e. The largest absolute Gasteiger partial charge is 0.466 e. The van der Waals surface area contributed by atoms with E-state index in [1.54, 1.807) is 0 Å². The predicted molar refractivity (Wildman–Crippen MR) is 84.4 cm³/mol. The molecule has 0 heterocycles. The smallest absolute Gasteiger partial charge is 0.305 e. The van der Waals surface area contributed by atoms with Gasteiger partial charge in [-0.25, -0.2) is 0 Å². The molecular formula is C16H26O3Si. The molecule has 0 unspecified atom stereocenters. The summed E-state index contributed by atoms with van der Waals surface area (Å²) in [6, 6.07) is 11.1. The van der Waals surface area contributed by atoms with Crippen molar-refractivity contribution in [2.75, 3.05) is 13.2 Å². The Balaban J connectivity index is 1.99. The zero-order chi connectivity index (χ0) is 14.8. The molecule has 0 aromatic heterocycles. The van der Waals surface area contributed by atoms with E-state index in [9.17, 15) is 4.79 Å². The second-order valence-electron chi connectivity index (χ2n) is 6.17. The summed E-state index contributed by atoms with van der Waals surface area (Å²) in [5.74, 6) is -0.105. The van der Waals surface area contributed by atoms with E-state index in [4.69, 9.17) is 9.47 Å². The number of hydrogen-bond acceptors (Lipinski definition) is 3. The van der Waals surface area contributed by atoms with Crippen LogP contribution in [-0.4, -0.2) is 27.3 Å². The summed E-state index contributed by atoms with van der Waals surface area (Å²) in [5.41, 5.74) is 1.16. The van der Waals surface area contributed by atoms with Gasteiger partial charge in [0, 0.05) is 21.1 Å². The van der Waals surface area contributed by atoms with E-state index in [2.05, 4.69) is 19.6 Å². The minimum absolute atomic E-state index is 0.105. The van der Waals surface area contributed by atoms with Crippen LogP contribution in [0.3, 0.4) is 0 Å². The van der Waals surface area contributed by atoms with Gasteiger partial charge in [-0.1, -0.05) is 50.0 Å². The Morgan fingerprint density at radius 3 is 2.45 bits per heavy atom. The first-order chi connectivity index (χ1) is 9.47. The molecular weight excluding hydrogens is 268 g/mol. The maximum absolute atomic E-state index is 11.5. The van der Waals surface area contributed by atoms with Gasteiger partial charge in [0.05, 0.1) is 13.2 Å². The molecule has 0 bridgehead atoms. The van der Waals surface area contributed by atoms with Gasteiger partial charge >= 0.3 is 5.97 Å². The van der Waals surface area contributed by atoms with Crippen LogP contribution in [0.1, 0.15) is 18.4 Å². The van der Waals surface area contributed by atoms with E-state index in [-0.39, 0.29) is 5.97 Å². The number of rotatable bonds is 9. The molecule has 0 saturated heterocycles. The Morgan fingerprint density at radius 2 is 1.80 bits per heavy atom. The van der Waals surface area contributed by atoms with Crippen LogP contribution in [0.5, 0.6) is 0 Å². The van der Waals surface area contributed by atoms with Gasteiger partial charge in [-0.3, -0.25) is 4.79 Å². The third-order valence-corrected chi connectivity index (χ3v) is 4.60. The number of esters is 1. The van der Waals surface area contributed by atoms with Crippen molar-refractivity contribution in [1.29, 1.82) is 0 Å². The summed E-state index contributed by atoms with van der Waals surface area (Å²) in [5, 5.41) is 0. The lowest BCUT2D eigenvalue weighted by Gasteiger charge is -2.15. The second kappa shape index (κ2) is 8.92. The molecule has 112 valence electrons. The molecule has 0 atom stereocenters. The summed E-state index contributed by atoms with van der Waals surface area (Å²) < 4.78 is 10.8. The fourth-order valence-electron chi connectivity index (χ4n) is 1.63. The maximum Gasteiger partial charge on any atom is 0.305 e. The summed E-state index contributed by atoms with van der Waals surface area (Å²) in [6.07, 6.45) is 1.17. The summed E-state index contributed by atoms with van der Waals surface area (Å²) in [6.45, 7) is 8.59. The van der Waals surface area contributed by atoms with E-state index in [1.165, 1.54) is 0 Å². The molecule has 1 aromatic rings. The normalized spacial score (nSPS) is 11.3. The quantitative estimate of drug-likeness (QED) is 0.394. The van der Waals surface area contributed by atoms with Crippen molar-refractivity contribution in [3.05, 3.63) is 35.9 Å². The van der Waals surface area contributed by atoms with Crippen LogP contribution in [0.2, 0.25) is 25.7 Å². The van der Waals surface area contributed by atoms with Gasteiger partial charge in [-0.05, 0) is 18.0 Å². The molecule has 0 amide bonds. The molecule has 1 rings (SSSR count). The highest BCUT2D eigenvalue weighted by molar-refractivity contribution is 6.76. The van der Waals surface area contributed by atoms with E-state index < -0.39 is 8.07 Å². The van der Waals surface area contributed by atoms with Crippen LogP contribution in [0.15, 0.2) is 30.3 Å². The topological polar surface area (TPSA) is 35.5 Å². The van der Waals surface area contributed by atoms with Crippen LogP contribution >= 0.6 is 0 Å². The number of hydrogen-bond donors (Lipinski definition) is 0. The third kappa shape index (κ3) is 8.88. The maximum atomic E-state index is 11.5. The number of carbonyl (C=O) groups is 1. The number of ether oxygens (including phenoxy) is 2. The van der Waals surface area contributed by atoms with Gasteiger partial charge in [-0.15, -0.1) is 0 Å². The van der Waals surface area contributed by atoms with Crippen molar-refractivity contribution >= 4 is 14.0 Å². The van der Waals surface area contributed by atoms with Gasteiger partial charge in [-0.2, -0.15) is 0 Å². The summed E-state index contributed by atoms with van der Waals surface area (Å²) in [7, 11) is -1.11. The summed E-state index contributed by atoms with van der Waals surface area (Å²) >= 11 is 0. The SMILES string of the molecule is C[Si](C)(C)CCOC(=O)CCCOCc1ccccc1. The molecule has 4 heteroatoms. The molecule has 1 aromatic carbocycles. The van der Waals surface area contributed by atoms with Gasteiger partial charge < -0.3 is 9.47 Å². The van der Waals surface area contributed by atoms with Crippen molar-refractivity contribution in [3.63, 3.8) is 0 Å². The molecule has 0 spiro atoms. The van der Waals surface area contributed by atoms with Crippen molar-refractivity contribution in [2.24, 2.45) is 0 Å². The highest BCUT2D eigenvalue weighted by atomic mass is 28.3. The predicted octanol–water partition coefficient (Wildman–Crippen LogP) is 3.86. The Labute approximate surface area is 123 Å². The second-order valence-corrected chi connectivity index (χ2v) is 11.8. The standard InChI is InChI=1S/C16H26O3Si/c1-20(2,3)13-12-19-16(17)10-7-11-18-14-15-8-5-4-6-9-15/h4-6,8-9H,7,10-14H2,1-3H3. The monoisotopic (exact) mass is 294 g/mol. The van der Waals surface area contributed by atoms with Crippen molar-refractivity contribution in [3.8, 4) is 0 Å². The highest BCUT2D eigenvalue weighted by Gasteiger charge is 2.13. The van der Waals surface area contributed by atoms with E-state index >= 15 is 0 Å². The first-order valence-electron chi connectivity index (χ1n) is 7.25. The Kier molecular flexibility index (Phi) is 7.55. The molecule has 0 N–H and O–H groups in total. The lowest BCUT2D eigenvalue weighted by Crippen LogP contribution is -2.22. The average molecular weight is 294 g/mol. The fraction of sp³-hybridized carbons (Fsp3) is 0.562. The van der Waals surface area contributed by atoms with E-state index in [0.717, 1.165) is 18.0 Å². The first-order valence-corrected chi connectivity index (χ1v) is 11.0. The molecule has 0 saturated carbocycles. The van der Waals surface area contributed by atoms with Gasteiger partial charge in [0.1, 0.15) is 0 Å².